The highest BCUT2D eigenvalue weighted by atomic mass is 32.2. The molecule has 2 N–H and O–H groups in total. The van der Waals surface area contributed by atoms with Crippen LogP contribution in [0.3, 0.4) is 0 Å². The second kappa shape index (κ2) is 8.57. The quantitative estimate of drug-likeness (QED) is 0.434. The second-order valence-corrected chi connectivity index (χ2v) is 8.23. The Kier molecular flexibility index (Phi) is 5.68. The van der Waals surface area contributed by atoms with E-state index in [-0.39, 0.29) is 22.3 Å². The SMILES string of the molecule is CCOc1ccc(S(=O)(=O)Nc2nc3ccccc3nc2Nc2ccc(F)cc2)cc1. The molecule has 0 fully saturated rings. The van der Waals surface area contributed by atoms with E-state index < -0.39 is 10.0 Å². The van der Waals surface area contributed by atoms with E-state index in [1.165, 1.54) is 36.4 Å². The molecule has 0 bridgehead atoms. The molecule has 0 aliphatic heterocycles. The van der Waals surface area contributed by atoms with E-state index in [0.29, 0.717) is 29.1 Å². The van der Waals surface area contributed by atoms with Crippen molar-refractivity contribution < 1.29 is 17.5 Å². The van der Waals surface area contributed by atoms with E-state index in [1.54, 1.807) is 30.3 Å². The number of hydrogen-bond acceptors (Lipinski definition) is 6. The molecule has 0 unspecified atom stereocenters. The Hall–Kier alpha value is -3.72. The number of benzene rings is 3. The van der Waals surface area contributed by atoms with E-state index in [4.69, 9.17) is 4.74 Å². The van der Waals surface area contributed by atoms with Gasteiger partial charge in [0.05, 0.1) is 22.5 Å². The number of halogens is 1. The Morgan fingerprint density at radius 2 is 1.48 bits per heavy atom. The number of sulfonamides is 1. The molecule has 158 valence electrons. The molecule has 0 saturated heterocycles. The summed E-state index contributed by atoms with van der Waals surface area (Å²) in [5, 5.41) is 3.00. The van der Waals surface area contributed by atoms with E-state index >= 15 is 0 Å². The van der Waals surface area contributed by atoms with Crippen LogP contribution in [-0.4, -0.2) is 25.0 Å². The summed E-state index contributed by atoms with van der Waals surface area (Å²) in [6.45, 7) is 2.33. The maximum Gasteiger partial charge on any atom is 0.263 e. The fourth-order valence-corrected chi connectivity index (χ4v) is 3.91. The molecular weight excluding hydrogens is 419 g/mol. The van der Waals surface area contributed by atoms with Crippen LogP contribution in [0.25, 0.3) is 11.0 Å². The van der Waals surface area contributed by atoms with Crippen molar-refractivity contribution in [2.45, 2.75) is 11.8 Å². The molecule has 9 heteroatoms. The summed E-state index contributed by atoms with van der Waals surface area (Å²) in [5.41, 5.74) is 1.64. The van der Waals surface area contributed by atoms with Gasteiger partial charge < -0.3 is 10.1 Å². The molecule has 0 aliphatic rings. The molecule has 4 rings (SSSR count). The molecule has 4 aromatic rings. The highest BCUT2D eigenvalue weighted by Crippen LogP contribution is 2.27. The van der Waals surface area contributed by atoms with Gasteiger partial charge in [-0.3, -0.25) is 4.72 Å². The third-order valence-electron chi connectivity index (χ3n) is 4.35. The number of ether oxygens (including phenoxy) is 1. The highest BCUT2D eigenvalue weighted by Gasteiger charge is 2.19. The lowest BCUT2D eigenvalue weighted by Crippen LogP contribution is -2.16. The summed E-state index contributed by atoms with van der Waals surface area (Å²) in [7, 11) is -3.94. The van der Waals surface area contributed by atoms with Gasteiger partial charge in [-0.25, -0.2) is 22.8 Å². The standard InChI is InChI=1S/C22H19FN4O3S/c1-2-30-17-11-13-18(14-12-17)31(28,29)27-22-21(24-16-9-7-15(23)8-10-16)25-19-5-3-4-6-20(19)26-22/h3-14H,2H2,1H3,(H,24,25)(H,26,27). The summed E-state index contributed by atoms with van der Waals surface area (Å²) in [4.78, 5) is 8.98. The second-order valence-electron chi connectivity index (χ2n) is 6.55. The van der Waals surface area contributed by atoms with Gasteiger partial charge in [-0.05, 0) is 67.6 Å². The van der Waals surface area contributed by atoms with Crippen molar-refractivity contribution in [1.82, 2.24) is 9.97 Å². The lowest BCUT2D eigenvalue weighted by molar-refractivity contribution is 0.340. The Morgan fingerprint density at radius 1 is 0.871 bits per heavy atom. The number of nitrogens with zero attached hydrogens (tertiary/aromatic N) is 2. The summed E-state index contributed by atoms with van der Waals surface area (Å²) in [6, 6.07) is 18.8. The van der Waals surface area contributed by atoms with Gasteiger partial charge in [-0.1, -0.05) is 12.1 Å². The van der Waals surface area contributed by atoms with Gasteiger partial charge in [0.25, 0.3) is 10.0 Å². The molecular formula is C22H19FN4O3S. The maximum absolute atomic E-state index is 13.2. The monoisotopic (exact) mass is 438 g/mol. The average Bonchev–Trinajstić information content (AvgIpc) is 2.76. The van der Waals surface area contributed by atoms with Crippen LogP contribution in [0.15, 0.2) is 77.7 Å². The fourth-order valence-electron chi connectivity index (χ4n) is 2.90. The van der Waals surface area contributed by atoms with Gasteiger partial charge >= 0.3 is 0 Å². The third kappa shape index (κ3) is 4.72. The number of aromatic nitrogens is 2. The summed E-state index contributed by atoms with van der Waals surface area (Å²) in [6.07, 6.45) is 0. The molecule has 3 aromatic carbocycles. The molecule has 7 nitrogen and oxygen atoms in total. The van der Waals surface area contributed by atoms with Crippen LogP contribution in [0.2, 0.25) is 0 Å². The first-order valence-electron chi connectivity index (χ1n) is 9.49. The number of para-hydroxylation sites is 2. The average molecular weight is 438 g/mol. The molecule has 1 aromatic heterocycles. The predicted molar refractivity (Wildman–Crippen MR) is 118 cm³/mol. The first-order valence-corrected chi connectivity index (χ1v) is 11.0. The number of anilines is 3. The number of rotatable bonds is 7. The van der Waals surface area contributed by atoms with Gasteiger partial charge in [-0.2, -0.15) is 0 Å². The topological polar surface area (TPSA) is 93.2 Å². The van der Waals surface area contributed by atoms with Gasteiger partial charge in [0, 0.05) is 5.69 Å². The molecule has 0 aliphatic carbocycles. The fraction of sp³-hybridized carbons (Fsp3) is 0.0909. The van der Waals surface area contributed by atoms with Crippen LogP contribution in [0, 0.1) is 5.82 Å². The molecule has 0 amide bonds. The van der Waals surface area contributed by atoms with Crippen LogP contribution in [0.4, 0.5) is 21.7 Å². The highest BCUT2D eigenvalue weighted by molar-refractivity contribution is 7.92. The van der Waals surface area contributed by atoms with Gasteiger partial charge in [0.1, 0.15) is 11.6 Å². The van der Waals surface area contributed by atoms with Gasteiger partial charge in [0.2, 0.25) is 0 Å². The smallest absolute Gasteiger partial charge is 0.263 e. The zero-order valence-corrected chi connectivity index (χ0v) is 17.4. The summed E-state index contributed by atoms with van der Waals surface area (Å²) < 4.78 is 47.0. The van der Waals surface area contributed by atoms with Crippen molar-refractivity contribution in [2.75, 3.05) is 16.6 Å². The van der Waals surface area contributed by atoms with E-state index in [0.717, 1.165) is 0 Å². The predicted octanol–water partition coefficient (Wildman–Crippen LogP) is 4.71. The zero-order valence-electron chi connectivity index (χ0n) is 16.5. The molecule has 0 atom stereocenters. The van der Waals surface area contributed by atoms with E-state index in [9.17, 15) is 12.8 Å². The minimum atomic E-state index is -3.94. The van der Waals surface area contributed by atoms with Crippen molar-refractivity contribution in [3.8, 4) is 5.75 Å². The van der Waals surface area contributed by atoms with Crippen molar-refractivity contribution in [2.24, 2.45) is 0 Å². The summed E-state index contributed by atoms with van der Waals surface area (Å²) in [5.74, 6) is 0.411. The van der Waals surface area contributed by atoms with E-state index in [2.05, 4.69) is 20.0 Å². The van der Waals surface area contributed by atoms with Crippen LogP contribution in [0.1, 0.15) is 6.92 Å². The van der Waals surface area contributed by atoms with Crippen molar-refractivity contribution >= 4 is 38.4 Å². The Morgan fingerprint density at radius 3 is 2.10 bits per heavy atom. The summed E-state index contributed by atoms with van der Waals surface area (Å²) >= 11 is 0. The Bertz CT molecular complexity index is 1310. The molecule has 0 spiro atoms. The molecule has 1 heterocycles. The van der Waals surface area contributed by atoms with Crippen LogP contribution < -0.4 is 14.8 Å². The largest absolute Gasteiger partial charge is 0.494 e. The number of hydrogen-bond donors (Lipinski definition) is 2. The lowest BCUT2D eigenvalue weighted by Gasteiger charge is -2.14. The molecule has 31 heavy (non-hydrogen) atoms. The third-order valence-corrected chi connectivity index (χ3v) is 5.71. The number of fused-ring (bicyclic) bond motifs is 1. The van der Waals surface area contributed by atoms with Crippen molar-refractivity contribution in [3.05, 3.63) is 78.6 Å². The molecule has 0 saturated carbocycles. The van der Waals surface area contributed by atoms with Crippen LogP contribution in [-0.2, 0) is 10.0 Å². The van der Waals surface area contributed by atoms with Crippen molar-refractivity contribution in [3.63, 3.8) is 0 Å². The van der Waals surface area contributed by atoms with Crippen LogP contribution >= 0.6 is 0 Å². The normalized spacial score (nSPS) is 11.3. The zero-order chi connectivity index (χ0) is 21.8. The van der Waals surface area contributed by atoms with Crippen molar-refractivity contribution in [1.29, 1.82) is 0 Å². The Labute approximate surface area is 179 Å². The van der Waals surface area contributed by atoms with E-state index in [1.807, 2.05) is 13.0 Å². The Balaban J connectivity index is 1.71. The minimum absolute atomic E-state index is 0.0249. The van der Waals surface area contributed by atoms with Gasteiger partial charge in [0.15, 0.2) is 11.6 Å². The maximum atomic E-state index is 13.2. The lowest BCUT2D eigenvalue weighted by atomic mass is 10.3. The number of nitrogens with one attached hydrogen (secondary N) is 2. The first-order chi connectivity index (χ1) is 14.9. The molecule has 0 radical (unpaired) electrons. The van der Waals surface area contributed by atoms with Crippen LogP contribution in [0.5, 0.6) is 5.75 Å². The van der Waals surface area contributed by atoms with Gasteiger partial charge in [-0.15, -0.1) is 0 Å². The minimum Gasteiger partial charge on any atom is -0.494 e. The first kappa shape index (κ1) is 20.5.